The Morgan fingerprint density at radius 3 is 0.854 bits per heavy atom. The highest BCUT2D eigenvalue weighted by Crippen LogP contribution is 2.37. The molecule has 2 unspecified atom stereocenters. The van der Waals surface area contributed by atoms with Gasteiger partial charge in [-0.15, -0.1) is 0 Å². The van der Waals surface area contributed by atoms with Crippen molar-refractivity contribution < 1.29 is 19.1 Å². The molecule has 0 amide bonds. The summed E-state index contributed by atoms with van der Waals surface area (Å²) < 4.78 is 11.7. The smallest absolute Gasteiger partial charge is 0.319 e. The van der Waals surface area contributed by atoms with Gasteiger partial charge in [0.25, 0.3) is 0 Å². The number of unbranched alkanes of at least 4 members (excludes halogenated alkanes) is 26. The molecule has 0 saturated carbocycles. The second-order valence-electron chi connectivity index (χ2n) is 14.3. The summed E-state index contributed by atoms with van der Waals surface area (Å²) in [6, 6.07) is 0. The molecule has 0 heterocycles. The monoisotopic (exact) mass is 715 g/mol. The summed E-state index contributed by atoms with van der Waals surface area (Å²) in [6.45, 7) is 10.1. The summed E-state index contributed by atoms with van der Waals surface area (Å²) in [5.41, 5.74) is 0. The number of rotatable bonds is 39. The Morgan fingerprint density at radius 1 is 0.354 bits per heavy atom. The van der Waals surface area contributed by atoms with Crippen LogP contribution in [0, 0.1) is 0 Å². The molecule has 0 aliphatic heterocycles. The Morgan fingerprint density at radius 2 is 0.583 bits per heavy atom. The molecule has 0 aromatic heterocycles. The minimum Gasteiger partial charge on any atom is -0.465 e. The summed E-state index contributed by atoms with van der Waals surface area (Å²) >= 11 is 0. The molecule has 0 radical (unpaired) electrons. The number of carbonyl (C=O) groups excluding carboxylic acids is 2. The Bertz CT molecular complexity index is 618. The second kappa shape index (κ2) is 39.4. The lowest BCUT2D eigenvalue weighted by Crippen LogP contribution is -2.23. The fourth-order valence-electron chi connectivity index (χ4n) is 6.12. The summed E-state index contributed by atoms with van der Waals surface area (Å²) in [4.78, 5) is 26.6. The average Bonchev–Trinajstić information content (AvgIpc) is 3.09. The Hall–Kier alpha value is -0.360. The molecule has 0 aliphatic carbocycles. The fraction of sp³-hybridized carbons (Fsp3) is 0.952. The molecule has 6 heteroatoms. The highest BCUT2D eigenvalue weighted by molar-refractivity contribution is 8.77. The van der Waals surface area contributed by atoms with Crippen molar-refractivity contribution in [2.75, 3.05) is 13.2 Å². The first-order valence-electron chi connectivity index (χ1n) is 21.3. The quantitative estimate of drug-likeness (QED) is 0.0359. The van der Waals surface area contributed by atoms with Gasteiger partial charge in [0.1, 0.15) is 10.5 Å². The van der Waals surface area contributed by atoms with Crippen molar-refractivity contribution >= 4 is 33.5 Å². The summed E-state index contributed by atoms with van der Waals surface area (Å²) in [5.74, 6) is -0.161. The lowest BCUT2D eigenvalue weighted by atomic mass is 10.1. The minimum absolute atomic E-state index is 0.0807. The highest BCUT2D eigenvalue weighted by atomic mass is 33.1. The van der Waals surface area contributed by atoms with Crippen LogP contribution in [0.15, 0.2) is 0 Å². The standard InChI is InChI=1S/C42H82O4S2/c1-5-9-13-17-21-23-25-27-31-35-39(41(43)45-37-33-29-19-15-11-7-3)47-48-40(36-32-28-26-24-22-18-14-10-6-2)42(44)46-38-34-30-20-16-12-8-4/h39-40H,5-38H2,1-4H3. The average molecular weight is 715 g/mol. The summed E-state index contributed by atoms with van der Waals surface area (Å²) in [5, 5.41) is -0.423. The molecule has 4 nitrogen and oxygen atoms in total. The molecule has 0 fully saturated rings. The van der Waals surface area contributed by atoms with Crippen LogP contribution >= 0.6 is 21.6 Å². The molecule has 0 saturated heterocycles. The van der Waals surface area contributed by atoms with E-state index < -0.39 is 0 Å². The molecule has 48 heavy (non-hydrogen) atoms. The molecule has 2 atom stereocenters. The maximum atomic E-state index is 13.3. The number of ether oxygens (including phenoxy) is 2. The normalized spacial score (nSPS) is 12.7. The van der Waals surface area contributed by atoms with Gasteiger partial charge in [0, 0.05) is 0 Å². The van der Waals surface area contributed by atoms with Gasteiger partial charge >= 0.3 is 11.9 Å². The van der Waals surface area contributed by atoms with Crippen molar-refractivity contribution in [1.82, 2.24) is 0 Å². The van der Waals surface area contributed by atoms with Crippen molar-refractivity contribution in [2.45, 2.75) is 244 Å². The van der Waals surface area contributed by atoms with Gasteiger partial charge in [-0.1, -0.05) is 229 Å². The van der Waals surface area contributed by atoms with Crippen LogP contribution in [-0.4, -0.2) is 35.7 Å². The Balaban J connectivity index is 4.96. The lowest BCUT2D eigenvalue weighted by Gasteiger charge is -2.19. The van der Waals surface area contributed by atoms with E-state index in [0.717, 1.165) is 51.4 Å². The predicted octanol–water partition coefficient (Wildman–Crippen LogP) is 14.8. The first-order valence-corrected chi connectivity index (χ1v) is 23.5. The van der Waals surface area contributed by atoms with Gasteiger partial charge in [0.05, 0.1) is 13.2 Å². The van der Waals surface area contributed by atoms with Crippen LogP contribution in [0.1, 0.15) is 233 Å². The van der Waals surface area contributed by atoms with E-state index in [-0.39, 0.29) is 22.4 Å². The largest absolute Gasteiger partial charge is 0.465 e. The fourth-order valence-corrected chi connectivity index (χ4v) is 9.06. The molecule has 0 rings (SSSR count). The number of hydrogen-bond acceptors (Lipinski definition) is 6. The SMILES string of the molecule is CCCCCCCCCCCC(SSC(CCCCCCCCCCC)C(=O)OCCCCCCCC)C(=O)OCCCCCCCC. The van der Waals surface area contributed by atoms with E-state index in [1.54, 1.807) is 21.6 Å². The van der Waals surface area contributed by atoms with Gasteiger partial charge in [-0.3, -0.25) is 9.59 Å². The van der Waals surface area contributed by atoms with Crippen molar-refractivity contribution in [2.24, 2.45) is 0 Å². The van der Waals surface area contributed by atoms with Crippen molar-refractivity contribution in [3.63, 3.8) is 0 Å². The molecule has 0 aliphatic rings. The summed E-state index contributed by atoms with van der Waals surface area (Å²) in [7, 11) is 3.18. The van der Waals surface area contributed by atoms with E-state index in [9.17, 15) is 9.59 Å². The third-order valence-electron chi connectivity index (χ3n) is 9.44. The van der Waals surface area contributed by atoms with Gasteiger partial charge in [-0.25, -0.2) is 0 Å². The summed E-state index contributed by atoms with van der Waals surface area (Å²) in [6.07, 6.45) is 38.8. The van der Waals surface area contributed by atoms with Gasteiger partial charge in [0.2, 0.25) is 0 Å². The Labute approximate surface area is 308 Å². The van der Waals surface area contributed by atoms with Crippen molar-refractivity contribution in [3.8, 4) is 0 Å². The van der Waals surface area contributed by atoms with E-state index in [4.69, 9.17) is 9.47 Å². The third-order valence-corrected chi connectivity index (χ3v) is 12.6. The van der Waals surface area contributed by atoms with Crippen molar-refractivity contribution in [1.29, 1.82) is 0 Å². The van der Waals surface area contributed by atoms with Crippen LogP contribution < -0.4 is 0 Å². The molecular weight excluding hydrogens is 633 g/mol. The van der Waals surface area contributed by atoms with E-state index in [2.05, 4.69) is 27.7 Å². The van der Waals surface area contributed by atoms with Gasteiger partial charge in [-0.05, 0) is 25.7 Å². The zero-order chi connectivity index (χ0) is 35.2. The van der Waals surface area contributed by atoms with Gasteiger partial charge in [0.15, 0.2) is 0 Å². The first-order chi connectivity index (χ1) is 23.6. The van der Waals surface area contributed by atoms with Crippen LogP contribution in [0.2, 0.25) is 0 Å². The number of esters is 2. The van der Waals surface area contributed by atoms with E-state index in [1.807, 2.05) is 0 Å². The first kappa shape index (κ1) is 47.6. The van der Waals surface area contributed by atoms with Crippen LogP contribution in [-0.2, 0) is 19.1 Å². The zero-order valence-corrected chi connectivity index (χ0v) is 34.3. The molecule has 0 bridgehead atoms. The maximum Gasteiger partial charge on any atom is 0.319 e. The predicted molar refractivity (Wildman–Crippen MR) is 215 cm³/mol. The van der Waals surface area contributed by atoms with E-state index >= 15 is 0 Å². The third kappa shape index (κ3) is 32.8. The second-order valence-corrected chi connectivity index (χ2v) is 17.0. The van der Waals surface area contributed by atoms with Crippen LogP contribution in [0.5, 0.6) is 0 Å². The van der Waals surface area contributed by atoms with Crippen LogP contribution in [0.4, 0.5) is 0 Å². The number of carbonyl (C=O) groups is 2. The van der Waals surface area contributed by atoms with Crippen LogP contribution in [0.25, 0.3) is 0 Å². The molecule has 0 aromatic rings. The molecule has 0 aromatic carbocycles. The van der Waals surface area contributed by atoms with E-state index in [0.29, 0.717) is 13.2 Å². The van der Waals surface area contributed by atoms with Crippen LogP contribution in [0.3, 0.4) is 0 Å². The topological polar surface area (TPSA) is 52.6 Å². The van der Waals surface area contributed by atoms with E-state index in [1.165, 1.54) is 154 Å². The lowest BCUT2D eigenvalue weighted by molar-refractivity contribution is -0.144. The molecule has 0 spiro atoms. The molecule has 286 valence electrons. The van der Waals surface area contributed by atoms with Gasteiger partial charge in [-0.2, -0.15) is 0 Å². The maximum absolute atomic E-state index is 13.3. The van der Waals surface area contributed by atoms with Crippen molar-refractivity contribution in [3.05, 3.63) is 0 Å². The Kier molecular flexibility index (Phi) is 39.1. The number of hydrogen-bond donors (Lipinski definition) is 0. The molecular formula is C42H82O4S2. The van der Waals surface area contributed by atoms with Gasteiger partial charge < -0.3 is 9.47 Å². The zero-order valence-electron chi connectivity index (χ0n) is 32.6. The highest BCUT2D eigenvalue weighted by Gasteiger charge is 2.27. The molecule has 0 N–H and O–H groups in total. The minimum atomic E-state index is -0.211.